The van der Waals surface area contributed by atoms with Crippen LogP contribution in [0.4, 0.5) is 5.13 Å². The average Bonchev–Trinajstić information content (AvgIpc) is 2.88. The van der Waals surface area contributed by atoms with Crippen LogP contribution in [0.15, 0.2) is 17.1 Å². The van der Waals surface area contributed by atoms with E-state index in [-0.39, 0.29) is 0 Å². The van der Waals surface area contributed by atoms with E-state index in [2.05, 4.69) is 32.6 Å². The van der Waals surface area contributed by atoms with Gasteiger partial charge in [-0.25, -0.2) is 9.97 Å². The van der Waals surface area contributed by atoms with E-state index in [9.17, 15) is 0 Å². The molecule has 3 rings (SSSR count). The van der Waals surface area contributed by atoms with Crippen molar-refractivity contribution in [3.05, 3.63) is 27.7 Å². The number of nitrogens with zero attached hydrogens (tertiary/aromatic N) is 3. The Labute approximate surface area is 115 Å². The molecule has 1 fully saturated rings. The summed E-state index contributed by atoms with van der Waals surface area (Å²) < 4.78 is 0. The molecular weight excluding hydrogens is 264 g/mol. The van der Waals surface area contributed by atoms with Crippen molar-refractivity contribution in [2.45, 2.75) is 32.0 Å². The minimum Gasteiger partial charge on any atom is -0.345 e. The van der Waals surface area contributed by atoms with Gasteiger partial charge >= 0.3 is 0 Å². The van der Waals surface area contributed by atoms with E-state index in [1.54, 1.807) is 22.7 Å². The lowest BCUT2D eigenvalue weighted by Crippen LogP contribution is -2.16. The molecule has 2 aromatic heterocycles. The van der Waals surface area contributed by atoms with Gasteiger partial charge in [0.15, 0.2) is 5.13 Å². The van der Waals surface area contributed by atoms with Crippen molar-refractivity contribution in [2.75, 3.05) is 11.9 Å². The zero-order valence-corrected chi connectivity index (χ0v) is 11.9. The number of anilines is 1. The van der Waals surface area contributed by atoms with Crippen molar-refractivity contribution in [1.82, 2.24) is 15.3 Å². The summed E-state index contributed by atoms with van der Waals surface area (Å²) in [6.45, 7) is 1.78. The summed E-state index contributed by atoms with van der Waals surface area (Å²) in [5.74, 6) is 0. The van der Waals surface area contributed by atoms with Gasteiger partial charge in [-0.05, 0) is 12.8 Å². The van der Waals surface area contributed by atoms with Crippen LogP contribution in [0.2, 0.25) is 0 Å². The summed E-state index contributed by atoms with van der Waals surface area (Å²) in [5.41, 5.74) is 2.98. The van der Waals surface area contributed by atoms with Crippen molar-refractivity contribution in [3.63, 3.8) is 0 Å². The molecule has 0 spiro atoms. The van der Waals surface area contributed by atoms with Gasteiger partial charge in [-0.3, -0.25) is 0 Å². The predicted molar refractivity (Wildman–Crippen MR) is 76.2 cm³/mol. The Morgan fingerprint density at radius 2 is 2.33 bits per heavy atom. The maximum atomic E-state index is 4.48. The van der Waals surface area contributed by atoms with Crippen molar-refractivity contribution in [3.8, 4) is 0 Å². The number of hydrogen-bond acceptors (Lipinski definition) is 6. The van der Waals surface area contributed by atoms with Crippen LogP contribution in [0.3, 0.4) is 0 Å². The monoisotopic (exact) mass is 280 g/mol. The molecule has 0 aliphatic heterocycles. The smallest absolute Gasteiger partial charge is 0.185 e. The molecule has 2 heterocycles. The first-order valence-electron chi connectivity index (χ1n) is 6.07. The van der Waals surface area contributed by atoms with Gasteiger partial charge in [0.05, 0.1) is 17.7 Å². The van der Waals surface area contributed by atoms with E-state index in [0.717, 1.165) is 30.0 Å². The number of rotatable bonds is 6. The zero-order chi connectivity index (χ0) is 12.4. The molecule has 0 unspecified atom stereocenters. The highest BCUT2D eigenvalue weighted by molar-refractivity contribution is 7.15. The van der Waals surface area contributed by atoms with E-state index in [0.29, 0.717) is 0 Å². The highest BCUT2D eigenvalue weighted by atomic mass is 32.1. The number of aromatic nitrogens is 2. The van der Waals surface area contributed by atoms with E-state index < -0.39 is 0 Å². The van der Waals surface area contributed by atoms with Gasteiger partial charge in [0.25, 0.3) is 0 Å². The molecule has 0 radical (unpaired) electrons. The Kier molecular flexibility index (Phi) is 3.58. The average molecular weight is 280 g/mol. The van der Waals surface area contributed by atoms with Gasteiger partial charge in [0.2, 0.25) is 0 Å². The molecule has 1 aliphatic carbocycles. The van der Waals surface area contributed by atoms with Gasteiger partial charge in [0, 0.05) is 36.1 Å². The lowest BCUT2D eigenvalue weighted by atomic mass is 10.5. The predicted octanol–water partition coefficient (Wildman–Crippen LogP) is 2.49. The standard InChI is InChI=1S/C12H16N4S2/c1-16(6-10-7-17-8-15-10)12-14-5-11(18-12)4-13-9-2-3-9/h5,7-9,13H,2-4,6H2,1H3. The normalized spacial score (nSPS) is 14.9. The van der Waals surface area contributed by atoms with Crippen LogP contribution in [0.25, 0.3) is 0 Å². The third-order valence-electron chi connectivity index (χ3n) is 2.89. The maximum Gasteiger partial charge on any atom is 0.185 e. The highest BCUT2D eigenvalue weighted by Crippen LogP contribution is 2.24. The number of hydrogen-bond donors (Lipinski definition) is 1. The van der Waals surface area contributed by atoms with E-state index in [1.165, 1.54) is 17.7 Å². The minimum atomic E-state index is 0.753. The van der Waals surface area contributed by atoms with Crippen molar-refractivity contribution >= 4 is 27.8 Å². The topological polar surface area (TPSA) is 41.1 Å². The maximum absolute atomic E-state index is 4.48. The van der Waals surface area contributed by atoms with Crippen molar-refractivity contribution in [2.24, 2.45) is 0 Å². The molecule has 2 aromatic rings. The van der Waals surface area contributed by atoms with Crippen LogP contribution in [0.1, 0.15) is 23.4 Å². The van der Waals surface area contributed by atoms with Crippen molar-refractivity contribution < 1.29 is 0 Å². The Morgan fingerprint density at radius 3 is 3.06 bits per heavy atom. The lowest BCUT2D eigenvalue weighted by molar-refractivity contribution is 0.694. The molecule has 18 heavy (non-hydrogen) atoms. The first-order valence-corrected chi connectivity index (χ1v) is 7.83. The van der Waals surface area contributed by atoms with Crippen LogP contribution < -0.4 is 10.2 Å². The molecule has 96 valence electrons. The lowest BCUT2D eigenvalue weighted by Gasteiger charge is -2.13. The largest absolute Gasteiger partial charge is 0.345 e. The number of thiazole rings is 2. The Balaban J connectivity index is 1.57. The fourth-order valence-corrected chi connectivity index (χ4v) is 3.08. The summed E-state index contributed by atoms with van der Waals surface area (Å²) in [7, 11) is 2.07. The van der Waals surface area contributed by atoms with Crippen LogP contribution in [0, 0.1) is 0 Å². The third kappa shape index (κ3) is 3.07. The van der Waals surface area contributed by atoms with E-state index in [1.807, 2.05) is 11.7 Å². The zero-order valence-electron chi connectivity index (χ0n) is 10.3. The minimum absolute atomic E-state index is 0.753. The molecule has 6 heteroatoms. The molecule has 1 saturated carbocycles. The molecule has 0 atom stereocenters. The summed E-state index contributed by atoms with van der Waals surface area (Å²) in [6.07, 6.45) is 4.64. The second kappa shape index (κ2) is 5.34. The summed E-state index contributed by atoms with van der Waals surface area (Å²) >= 11 is 3.40. The van der Waals surface area contributed by atoms with Gasteiger partial charge in [-0.2, -0.15) is 0 Å². The van der Waals surface area contributed by atoms with Gasteiger partial charge in [-0.1, -0.05) is 0 Å². The Bertz CT molecular complexity index is 490. The van der Waals surface area contributed by atoms with E-state index >= 15 is 0 Å². The van der Waals surface area contributed by atoms with Gasteiger partial charge < -0.3 is 10.2 Å². The van der Waals surface area contributed by atoms with Gasteiger partial charge in [-0.15, -0.1) is 22.7 Å². The Hall–Kier alpha value is -0.980. The molecule has 0 amide bonds. The molecule has 0 aromatic carbocycles. The van der Waals surface area contributed by atoms with E-state index in [4.69, 9.17) is 0 Å². The SMILES string of the molecule is CN(Cc1cscn1)c1ncc(CNC2CC2)s1. The molecular formula is C12H16N4S2. The summed E-state index contributed by atoms with van der Waals surface area (Å²) in [5, 5.41) is 6.66. The molecule has 1 N–H and O–H groups in total. The van der Waals surface area contributed by atoms with Gasteiger partial charge in [0.1, 0.15) is 0 Å². The fraction of sp³-hybridized carbons (Fsp3) is 0.500. The van der Waals surface area contributed by atoms with Crippen LogP contribution in [0.5, 0.6) is 0 Å². The fourth-order valence-electron chi connectivity index (χ4n) is 1.71. The highest BCUT2D eigenvalue weighted by Gasteiger charge is 2.20. The summed E-state index contributed by atoms with van der Waals surface area (Å²) in [6, 6.07) is 0.753. The van der Waals surface area contributed by atoms with Crippen molar-refractivity contribution in [1.29, 1.82) is 0 Å². The quantitative estimate of drug-likeness (QED) is 0.882. The second-order valence-corrected chi connectivity index (χ2v) is 6.41. The second-order valence-electron chi connectivity index (χ2n) is 4.60. The molecule has 4 nitrogen and oxygen atoms in total. The molecule has 1 aliphatic rings. The molecule has 0 saturated heterocycles. The first-order chi connectivity index (χ1) is 8.81. The van der Waals surface area contributed by atoms with Crippen LogP contribution >= 0.6 is 22.7 Å². The molecule has 0 bridgehead atoms. The first kappa shape index (κ1) is 12.1. The summed E-state index contributed by atoms with van der Waals surface area (Å²) in [4.78, 5) is 12.2. The van der Waals surface area contributed by atoms with Crippen LogP contribution in [-0.2, 0) is 13.1 Å². The Morgan fingerprint density at radius 1 is 1.44 bits per heavy atom. The third-order valence-corrected chi connectivity index (χ3v) is 4.64. The van der Waals surface area contributed by atoms with Crippen LogP contribution in [-0.4, -0.2) is 23.1 Å². The number of nitrogens with one attached hydrogen (secondary N) is 1.